The van der Waals surface area contributed by atoms with E-state index in [9.17, 15) is 4.79 Å². The molecule has 1 atom stereocenters. The number of carbonyl (C=O) groups is 1. The number of carbonyl (C=O) groups excluding carboxylic acids is 1. The monoisotopic (exact) mass is 316 g/mol. The molecule has 0 bridgehead atoms. The summed E-state index contributed by atoms with van der Waals surface area (Å²) in [5.74, 6) is 0.945. The lowest BCUT2D eigenvalue weighted by molar-refractivity contribution is -0.120. The van der Waals surface area contributed by atoms with Gasteiger partial charge >= 0.3 is 0 Å². The Hall–Kier alpha value is -1.82. The zero-order valence-electron chi connectivity index (χ0n) is 12.9. The van der Waals surface area contributed by atoms with Gasteiger partial charge in [-0.15, -0.1) is 10.2 Å². The SMILES string of the molecule is Cc1cccc(-n2c(C)nnc2S[C@H]2CCCCNC2=O)c1. The highest BCUT2D eigenvalue weighted by Gasteiger charge is 2.25. The molecule has 2 aromatic rings. The third-order valence-electron chi connectivity index (χ3n) is 3.79. The maximum Gasteiger partial charge on any atom is 0.233 e. The van der Waals surface area contributed by atoms with Crippen molar-refractivity contribution in [2.24, 2.45) is 0 Å². The van der Waals surface area contributed by atoms with Gasteiger partial charge in [0, 0.05) is 12.2 Å². The van der Waals surface area contributed by atoms with E-state index in [1.165, 1.54) is 17.3 Å². The summed E-state index contributed by atoms with van der Waals surface area (Å²) < 4.78 is 2.02. The molecular formula is C16H20N4OS. The number of hydrogen-bond donors (Lipinski definition) is 1. The molecule has 1 aromatic carbocycles. The molecular weight excluding hydrogens is 296 g/mol. The number of amides is 1. The second-order valence-electron chi connectivity index (χ2n) is 5.60. The minimum Gasteiger partial charge on any atom is -0.355 e. The van der Waals surface area contributed by atoms with E-state index in [1.54, 1.807) is 0 Å². The van der Waals surface area contributed by atoms with Crippen LogP contribution >= 0.6 is 11.8 Å². The predicted octanol–water partition coefficient (Wildman–Crippen LogP) is 2.64. The topological polar surface area (TPSA) is 59.8 Å². The van der Waals surface area contributed by atoms with Crippen LogP contribution in [0.3, 0.4) is 0 Å². The molecule has 0 aliphatic carbocycles. The number of hydrogen-bond acceptors (Lipinski definition) is 4. The summed E-state index contributed by atoms with van der Waals surface area (Å²) in [6.45, 7) is 4.78. The number of nitrogens with zero attached hydrogens (tertiary/aromatic N) is 3. The molecule has 0 spiro atoms. The smallest absolute Gasteiger partial charge is 0.233 e. The lowest BCUT2D eigenvalue weighted by Crippen LogP contribution is -2.30. The largest absolute Gasteiger partial charge is 0.355 e. The van der Waals surface area contributed by atoms with Crippen LogP contribution in [0.25, 0.3) is 5.69 Å². The third kappa shape index (κ3) is 3.16. The van der Waals surface area contributed by atoms with Crippen molar-refractivity contribution in [2.45, 2.75) is 43.5 Å². The fourth-order valence-corrected chi connectivity index (χ4v) is 3.79. The second kappa shape index (κ2) is 6.52. The van der Waals surface area contributed by atoms with E-state index in [0.717, 1.165) is 42.5 Å². The van der Waals surface area contributed by atoms with Gasteiger partial charge in [-0.25, -0.2) is 0 Å². The molecule has 1 fully saturated rings. The predicted molar refractivity (Wildman–Crippen MR) is 87.3 cm³/mol. The zero-order chi connectivity index (χ0) is 15.5. The molecule has 1 aliphatic heterocycles. The highest BCUT2D eigenvalue weighted by atomic mass is 32.2. The highest BCUT2D eigenvalue weighted by molar-refractivity contribution is 8.00. The third-order valence-corrected chi connectivity index (χ3v) is 5.00. The first-order chi connectivity index (χ1) is 10.6. The number of nitrogens with one attached hydrogen (secondary N) is 1. The van der Waals surface area contributed by atoms with Gasteiger partial charge in [0.2, 0.25) is 5.91 Å². The van der Waals surface area contributed by atoms with Gasteiger partial charge in [-0.2, -0.15) is 0 Å². The van der Waals surface area contributed by atoms with Crippen LogP contribution in [0.1, 0.15) is 30.7 Å². The molecule has 1 amide bonds. The van der Waals surface area contributed by atoms with Crippen LogP contribution in [-0.2, 0) is 4.79 Å². The number of rotatable bonds is 3. The standard InChI is InChI=1S/C16H20N4OS/c1-11-6-5-7-13(10-11)20-12(2)18-19-16(20)22-14-8-3-4-9-17-15(14)21/h5-7,10,14H,3-4,8-9H2,1-2H3,(H,17,21)/t14-/m0/s1. The molecule has 6 heteroatoms. The number of thioether (sulfide) groups is 1. The summed E-state index contributed by atoms with van der Waals surface area (Å²) in [5, 5.41) is 12.1. The Morgan fingerprint density at radius 1 is 1.27 bits per heavy atom. The second-order valence-corrected chi connectivity index (χ2v) is 6.77. The lowest BCUT2D eigenvalue weighted by atomic mass is 10.2. The summed E-state index contributed by atoms with van der Waals surface area (Å²) in [7, 11) is 0. The zero-order valence-corrected chi connectivity index (χ0v) is 13.7. The van der Waals surface area contributed by atoms with Gasteiger partial charge in [0.15, 0.2) is 5.16 Å². The van der Waals surface area contributed by atoms with Crippen LogP contribution in [0.15, 0.2) is 29.4 Å². The molecule has 2 heterocycles. The number of benzene rings is 1. The summed E-state index contributed by atoms with van der Waals surface area (Å²) >= 11 is 1.51. The summed E-state index contributed by atoms with van der Waals surface area (Å²) in [5.41, 5.74) is 2.23. The summed E-state index contributed by atoms with van der Waals surface area (Å²) in [4.78, 5) is 12.1. The van der Waals surface area contributed by atoms with E-state index >= 15 is 0 Å². The Balaban J connectivity index is 1.90. The average molecular weight is 316 g/mol. The summed E-state index contributed by atoms with van der Waals surface area (Å²) in [6, 6.07) is 8.24. The van der Waals surface area contributed by atoms with E-state index in [4.69, 9.17) is 0 Å². The van der Waals surface area contributed by atoms with Crippen molar-refractivity contribution < 1.29 is 4.79 Å². The van der Waals surface area contributed by atoms with Crippen molar-refractivity contribution in [1.29, 1.82) is 0 Å². The first-order valence-corrected chi connectivity index (χ1v) is 8.46. The van der Waals surface area contributed by atoms with Crippen molar-refractivity contribution in [2.75, 3.05) is 6.54 Å². The molecule has 0 saturated carbocycles. The molecule has 0 unspecified atom stereocenters. The van der Waals surface area contributed by atoms with Crippen LogP contribution in [-0.4, -0.2) is 32.5 Å². The van der Waals surface area contributed by atoms with Crippen molar-refractivity contribution in [3.63, 3.8) is 0 Å². The van der Waals surface area contributed by atoms with Gasteiger partial charge in [-0.1, -0.05) is 30.3 Å². The van der Waals surface area contributed by atoms with Crippen LogP contribution in [0, 0.1) is 13.8 Å². The quantitative estimate of drug-likeness (QED) is 0.946. The highest BCUT2D eigenvalue weighted by Crippen LogP contribution is 2.29. The van der Waals surface area contributed by atoms with Gasteiger partial charge in [0.05, 0.1) is 5.25 Å². The minimum atomic E-state index is -0.0883. The van der Waals surface area contributed by atoms with Crippen molar-refractivity contribution in [1.82, 2.24) is 20.1 Å². The molecule has 22 heavy (non-hydrogen) atoms. The Kier molecular flexibility index (Phi) is 4.47. The van der Waals surface area contributed by atoms with Crippen molar-refractivity contribution >= 4 is 17.7 Å². The Bertz CT molecular complexity index is 683. The molecule has 1 saturated heterocycles. The van der Waals surface area contributed by atoms with Gasteiger partial charge in [-0.05, 0) is 44.4 Å². The molecule has 116 valence electrons. The van der Waals surface area contributed by atoms with Crippen LogP contribution < -0.4 is 5.32 Å². The first-order valence-electron chi connectivity index (χ1n) is 7.58. The molecule has 0 radical (unpaired) electrons. The van der Waals surface area contributed by atoms with Crippen molar-refractivity contribution in [3.05, 3.63) is 35.7 Å². The maximum absolute atomic E-state index is 12.1. The average Bonchev–Trinajstić information content (AvgIpc) is 2.73. The van der Waals surface area contributed by atoms with E-state index in [1.807, 2.05) is 23.6 Å². The molecule has 1 aromatic heterocycles. The Morgan fingerprint density at radius 2 is 2.14 bits per heavy atom. The Labute approximate surface area is 134 Å². The fraction of sp³-hybridized carbons (Fsp3) is 0.438. The Morgan fingerprint density at radius 3 is 2.95 bits per heavy atom. The normalized spacial score (nSPS) is 18.8. The van der Waals surface area contributed by atoms with Crippen molar-refractivity contribution in [3.8, 4) is 5.69 Å². The van der Waals surface area contributed by atoms with E-state index in [0.29, 0.717) is 0 Å². The summed E-state index contributed by atoms with van der Waals surface area (Å²) in [6.07, 6.45) is 3.00. The van der Waals surface area contributed by atoms with E-state index in [-0.39, 0.29) is 11.2 Å². The van der Waals surface area contributed by atoms with Crippen LogP contribution in [0.2, 0.25) is 0 Å². The maximum atomic E-state index is 12.1. The molecule has 3 rings (SSSR count). The van der Waals surface area contributed by atoms with Gasteiger partial charge < -0.3 is 5.32 Å². The molecule has 1 aliphatic rings. The van der Waals surface area contributed by atoms with Gasteiger partial charge in [0.1, 0.15) is 5.82 Å². The fourth-order valence-electron chi connectivity index (χ4n) is 2.63. The van der Waals surface area contributed by atoms with Gasteiger partial charge in [0.25, 0.3) is 0 Å². The van der Waals surface area contributed by atoms with E-state index < -0.39 is 0 Å². The lowest BCUT2D eigenvalue weighted by Gasteiger charge is -2.14. The minimum absolute atomic E-state index is 0.0883. The van der Waals surface area contributed by atoms with Gasteiger partial charge in [-0.3, -0.25) is 9.36 Å². The van der Waals surface area contributed by atoms with Crippen LogP contribution in [0.5, 0.6) is 0 Å². The van der Waals surface area contributed by atoms with E-state index in [2.05, 4.69) is 34.6 Å². The molecule has 1 N–H and O–H groups in total. The first kappa shape index (κ1) is 15.1. The van der Waals surface area contributed by atoms with Crippen LogP contribution in [0.4, 0.5) is 0 Å². The number of aryl methyl sites for hydroxylation is 2. The molecule has 5 nitrogen and oxygen atoms in total. The number of aromatic nitrogens is 3.